The van der Waals surface area contributed by atoms with E-state index < -0.39 is 42.5 Å². The Labute approximate surface area is 163 Å². The van der Waals surface area contributed by atoms with Crippen LogP contribution in [-0.2, 0) is 24.4 Å². The minimum Gasteiger partial charge on any atom is -0.407 e. The van der Waals surface area contributed by atoms with Crippen LogP contribution in [0.1, 0.15) is 40.2 Å². The van der Waals surface area contributed by atoms with Gasteiger partial charge in [-0.1, -0.05) is 26.0 Å². The van der Waals surface area contributed by atoms with E-state index in [-0.39, 0.29) is 11.0 Å². The SMILES string of the molecule is CC1(C)COB(c2ccc(F)c(C3(C)NC(=O)COC(C)(C)C3(F)F)c2)OC1. The van der Waals surface area contributed by atoms with E-state index in [1.165, 1.54) is 26.0 Å². The minimum absolute atomic E-state index is 0.172. The Kier molecular flexibility index (Phi) is 5.09. The summed E-state index contributed by atoms with van der Waals surface area (Å²) in [4.78, 5) is 12.1. The topological polar surface area (TPSA) is 56.8 Å². The predicted molar refractivity (Wildman–Crippen MR) is 97.9 cm³/mol. The number of ether oxygens (including phenoxy) is 1. The molecule has 0 bridgehead atoms. The van der Waals surface area contributed by atoms with Crippen molar-refractivity contribution in [2.75, 3.05) is 19.8 Å². The predicted octanol–water partition coefficient (Wildman–Crippen LogP) is 2.37. The molecule has 2 aliphatic rings. The lowest BCUT2D eigenvalue weighted by Crippen LogP contribution is -2.62. The Morgan fingerprint density at radius 1 is 1.07 bits per heavy atom. The summed E-state index contributed by atoms with van der Waals surface area (Å²) in [5.74, 6) is -5.22. The number of amides is 1. The summed E-state index contributed by atoms with van der Waals surface area (Å²) >= 11 is 0. The molecule has 2 aliphatic heterocycles. The maximum atomic E-state index is 15.4. The van der Waals surface area contributed by atoms with E-state index in [0.29, 0.717) is 18.7 Å². The second-order valence-electron chi connectivity index (χ2n) is 8.90. The molecule has 1 amide bonds. The molecule has 28 heavy (non-hydrogen) atoms. The van der Waals surface area contributed by atoms with Crippen LogP contribution in [-0.4, -0.2) is 44.4 Å². The van der Waals surface area contributed by atoms with Crippen molar-refractivity contribution in [2.45, 2.75) is 51.7 Å². The van der Waals surface area contributed by atoms with Gasteiger partial charge in [-0.3, -0.25) is 4.79 Å². The molecule has 2 saturated heterocycles. The number of carbonyl (C=O) groups excluding carboxylic acids is 1. The van der Waals surface area contributed by atoms with Gasteiger partial charge in [-0.2, -0.15) is 0 Å². The largest absolute Gasteiger partial charge is 0.493 e. The number of carbonyl (C=O) groups is 1. The second kappa shape index (κ2) is 6.74. The molecule has 2 heterocycles. The first-order valence-corrected chi connectivity index (χ1v) is 9.15. The number of hydrogen-bond acceptors (Lipinski definition) is 4. The van der Waals surface area contributed by atoms with Crippen molar-refractivity contribution in [3.63, 3.8) is 0 Å². The van der Waals surface area contributed by atoms with Crippen LogP contribution in [0.2, 0.25) is 0 Å². The standard InChI is InChI=1S/C19H25BF3NO4/c1-16(2)10-27-20(28-11-16)12-6-7-14(21)13(8-12)18(5)19(22,23)17(3,4)26-9-15(25)24-18/h6-8H,9-11H2,1-5H3,(H,24,25). The Hall–Kier alpha value is -1.58. The van der Waals surface area contributed by atoms with Gasteiger partial charge in [0.25, 0.3) is 0 Å². The van der Waals surface area contributed by atoms with Gasteiger partial charge in [-0.05, 0) is 32.3 Å². The fraction of sp³-hybridized carbons (Fsp3) is 0.632. The van der Waals surface area contributed by atoms with Crippen molar-refractivity contribution in [3.8, 4) is 0 Å². The van der Waals surface area contributed by atoms with Crippen LogP contribution in [0.3, 0.4) is 0 Å². The van der Waals surface area contributed by atoms with Crippen LogP contribution in [0.5, 0.6) is 0 Å². The van der Waals surface area contributed by atoms with Crippen LogP contribution in [0.4, 0.5) is 13.2 Å². The van der Waals surface area contributed by atoms with Gasteiger partial charge in [-0.25, -0.2) is 13.2 Å². The fourth-order valence-electron chi connectivity index (χ4n) is 3.53. The van der Waals surface area contributed by atoms with Crippen LogP contribution in [0, 0.1) is 11.2 Å². The highest BCUT2D eigenvalue weighted by Crippen LogP contribution is 2.47. The molecule has 1 unspecified atom stereocenters. The summed E-state index contributed by atoms with van der Waals surface area (Å²) in [5, 5.41) is 2.27. The number of hydrogen-bond donors (Lipinski definition) is 1. The molecule has 1 aromatic rings. The quantitative estimate of drug-likeness (QED) is 0.777. The van der Waals surface area contributed by atoms with Crippen molar-refractivity contribution in [2.24, 2.45) is 5.41 Å². The van der Waals surface area contributed by atoms with Crippen molar-refractivity contribution in [1.29, 1.82) is 0 Å². The Bertz CT molecular complexity index is 776. The number of alkyl halides is 2. The molecular formula is C19H25BF3NO4. The van der Waals surface area contributed by atoms with Crippen LogP contribution in [0.15, 0.2) is 18.2 Å². The zero-order chi connectivity index (χ0) is 21.0. The molecule has 0 radical (unpaired) electrons. The molecule has 1 atom stereocenters. The van der Waals surface area contributed by atoms with Gasteiger partial charge in [0.1, 0.15) is 23.6 Å². The van der Waals surface area contributed by atoms with Gasteiger partial charge >= 0.3 is 13.0 Å². The molecule has 0 saturated carbocycles. The van der Waals surface area contributed by atoms with Gasteiger partial charge in [0.05, 0.1) is 0 Å². The maximum Gasteiger partial charge on any atom is 0.493 e. The molecule has 5 nitrogen and oxygen atoms in total. The smallest absolute Gasteiger partial charge is 0.407 e. The third-order valence-corrected chi connectivity index (χ3v) is 5.39. The van der Waals surface area contributed by atoms with Gasteiger partial charge in [0.2, 0.25) is 5.91 Å². The molecule has 0 aromatic heterocycles. The highest BCUT2D eigenvalue weighted by molar-refractivity contribution is 6.61. The first-order valence-electron chi connectivity index (χ1n) is 9.15. The van der Waals surface area contributed by atoms with E-state index in [1.807, 2.05) is 13.8 Å². The summed E-state index contributed by atoms with van der Waals surface area (Å²) < 4.78 is 62.1. The Morgan fingerprint density at radius 2 is 1.68 bits per heavy atom. The van der Waals surface area contributed by atoms with E-state index in [9.17, 15) is 9.18 Å². The lowest BCUT2D eigenvalue weighted by molar-refractivity contribution is -0.216. The normalized spacial score (nSPS) is 29.1. The molecular weight excluding hydrogens is 374 g/mol. The average Bonchev–Trinajstić information content (AvgIpc) is 2.65. The Balaban J connectivity index is 2.05. The molecule has 9 heteroatoms. The van der Waals surface area contributed by atoms with Crippen molar-refractivity contribution >= 4 is 18.5 Å². The van der Waals surface area contributed by atoms with E-state index in [4.69, 9.17) is 14.0 Å². The van der Waals surface area contributed by atoms with Crippen molar-refractivity contribution in [1.82, 2.24) is 5.32 Å². The van der Waals surface area contributed by atoms with Crippen LogP contribution >= 0.6 is 0 Å². The summed E-state index contributed by atoms with van der Waals surface area (Å²) in [6.07, 6.45) is 0. The van der Waals surface area contributed by atoms with Gasteiger partial charge in [0.15, 0.2) is 0 Å². The molecule has 2 fully saturated rings. The molecule has 1 aromatic carbocycles. The monoisotopic (exact) mass is 399 g/mol. The summed E-state index contributed by atoms with van der Waals surface area (Å²) in [7, 11) is -0.796. The van der Waals surface area contributed by atoms with Crippen molar-refractivity contribution in [3.05, 3.63) is 29.6 Å². The molecule has 0 spiro atoms. The van der Waals surface area contributed by atoms with Crippen LogP contribution in [0.25, 0.3) is 0 Å². The van der Waals surface area contributed by atoms with E-state index in [2.05, 4.69) is 5.32 Å². The number of halogens is 3. The number of nitrogens with one attached hydrogen (secondary N) is 1. The lowest BCUT2D eigenvalue weighted by atomic mass is 9.71. The summed E-state index contributed by atoms with van der Waals surface area (Å²) in [6.45, 7) is 7.71. The number of rotatable bonds is 2. The molecule has 154 valence electrons. The van der Waals surface area contributed by atoms with Crippen molar-refractivity contribution < 1.29 is 32.0 Å². The maximum absolute atomic E-state index is 15.4. The summed E-state index contributed by atoms with van der Waals surface area (Å²) in [6, 6.07) is 3.79. The third kappa shape index (κ3) is 3.44. The highest BCUT2D eigenvalue weighted by atomic mass is 19.3. The molecule has 1 N–H and O–H groups in total. The molecule has 3 rings (SSSR count). The zero-order valence-electron chi connectivity index (χ0n) is 16.7. The van der Waals surface area contributed by atoms with Gasteiger partial charge in [0, 0.05) is 24.2 Å². The minimum atomic E-state index is -3.61. The Morgan fingerprint density at radius 3 is 2.29 bits per heavy atom. The first kappa shape index (κ1) is 21.1. The lowest BCUT2D eigenvalue weighted by Gasteiger charge is -2.43. The first-order chi connectivity index (χ1) is 12.8. The highest BCUT2D eigenvalue weighted by Gasteiger charge is 2.64. The summed E-state index contributed by atoms with van der Waals surface area (Å²) in [5.41, 5.74) is -4.43. The third-order valence-electron chi connectivity index (χ3n) is 5.39. The van der Waals surface area contributed by atoms with Gasteiger partial charge < -0.3 is 19.4 Å². The second-order valence-corrected chi connectivity index (χ2v) is 8.90. The van der Waals surface area contributed by atoms with E-state index >= 15 is 8.78 Å². The fourth-order valence-corrected chi connectivity index (χ4v) is 3.53. The van der Waals surface area contributed by atoms with Crippen LogP contribution < -0.4 is 10.8 Å². The van der Waals surface area contributed by atoms with E-state index in [0.717, 1.165) is 13.0 Å². The number of benzene rings is 1. The zero-order valence-corrected chi connectivity index (χ0v) is 16.7. The molecule has 0 aliphatic carbocycles. The average molecular weight is 399 g/mol. The van der Waals surface area contributed by atoms with E-state index in [1.54, 1.807) is 0 Å². The van der Waals surface area contributed by atoms with Gasteiger partial charge in [-0.15, -0.1) is 0 Å².